The van der Waals surface area contributed by atoms with Crippen LogP contribution < -0.4 is 10.2 Å². The number of hydrogen-bond donors (Lipinski definition) is 1. The van der Waals surface area contributed by atoms with Crippen molar-refractivity contribution in [1.82, 2.24) is 4.98 Å². The van der Waals surface area contributed by atoms with Crippen LogP contribution in [0.1, 0.15) is 36.2 Å². The van der Waals surface area contributed by atoms with E-state index in [-0.39, 0.29) is 5.91 Å². The monoisotopic (exact) mass is 295 g/mol. The van der Waals surface area contributed by atoms with Crippen LogP contribution in [-0.2, 0) is 0 Å². The largest absolute Gasteiger partial charge is 0.357 e. The zero-order chi connectivity index (χ0) is 15.2. The topological polar surface area (TPSA) is 45.2 Å². The molecule has 0 unspecified atom stereocenters. The second-order valence-corrected chi connectivity index (χ2v) is 5.60. The molecule has 4 heteroatoms. The Morgan fingerprint density at radius 1 is 0.909 bits per heavy atom. The average Bonchev–Trinajstić information content (AvgIpc) is 2.85. The third kappa shape index (κ3) is 3.64. The van der Waals surface area contributed by atoms with Gasteiger partial charge in [-0.2, -0.15) is 0 Å². The number of aromatic nitrogens is 1. The Morgan fingerprint density at radius 2 is 1.64 bits per heavy atom. The van der Waals surface area contributed by atoms with Crippen molar-refractivity contribution in [1.29, 1.82) is 0 Å². The zero-order valence-corrected chi connectivity index (χ0v) is 12.7. The Hall–Kier alpha value is -2.36. The zero-order valence-electron chi connectivity index (χ0n) is 12.7. The summed E-state index contributed by atoms with van der Waals surface area (Å²) in [6, 6.07) is 15.1. The number of nitrogens with zero attached hydrogens (tertiary/aromatic N) is 2. The van der Waals surface area contributed by atoms with Crippen LogP contribution in [0, 0.1) is 0 Å². The highest BCUT2D eigenvalue weighted by atomic mass is 16.1. The summed E-state index contributed by atoms with van der Waals surface area (Å²) in [4.78, 5) is 19.2. The Morgan fingerprint density at radius 3 is 2.36 bits per heavy atom. The summed E-state index contributed by atoms with van der Waals surface area (Å²) in [6.07, 6.45) is 4.96. The molecule has 0 spiro atoms. The predicted octanol–water partition coefficient (Wildman–Crippen LogP) is 3.71. The maximum Gasteiger partial charge on any atom is 0.274 e. The molecule has 1 N–H and O–H groups in total. The summed E-state index contributed by atoms with van der Waals surface area (Å²) in [6.45, 7) is 2.05. The van der Waals surface area contributed by atoms with Crippen molar-refractivity contribution in [3.63, 3.8) is 0 Å². The van der Waals surface area contributed by atoms with E-state index in [9.17, 15) is 4.79 Å². The van der Waals surface area contributed by atoms with E-state index in [1.54, 1.807) is 6.07 Å². The highest BCUT2D eigenvalue weighted by Gasteiger charge is 2.14. The van der Waals surface area contributed by atoms with Crippen LogP contribution in [-0.4, -0.2) is 24.0 Å². The lowest BCUT2D eigenvalue weighted by Crippen LogP contribution is -2.25. The van der Waals surface area contributed by atoms with Crippen molar-refractivity contribution in [3.8, 4) is 0 Å². The lowest BCUT2D eigenvalue weighted by atomic mass is 10.2. The Bertz CT molecular complexity index is 619. The predicted molar refractivity (Wildman–Crippen MR) is 89.3 cm³/mol. The maximum absolute atomic E-state index is 12.3. The fraction of sp³-hybridized carbons (Fsp3) is 0.333. The van der Waals surface area contributed by atoms with E-state index in [2.05, 4.69) is 15.2 Å². The molecule has 1 fully saturated rings. The van der Waals surface area contributed by atoms with Gasteiger partial charge in [0.1, 0.15) is 11.5 Å². The summed E-state index contributed by atoms with van der Waals surface area (Å²) in [5.74, 6) is 0.741. The fourth-order valence-electron chi connectivity index (χ4n) is 2.74. The van der Waals surface area contributed by atoms with E-state index in [4.69, 9.17) is 0 Å². The smallest absolute Gasteiger partial charge is 0.274 e. The van der Waals surface area contributed by atoms with Crippen LogP contribution in [0.2, 0.25) is 0 Å². The van der Waals surface area contributed by atoms with E-state index in [1.807, 2.05) is 42.5 Å². The first kappa shape index (κ1) is 14.6. The highest BCUT2D eigenvalue weighted by Crippen LogP contribution is 2.18. The minimum absolute atomic E-state index is 0.164. The standard InChI is InChI=1S/C18H21N3O/c22-18(19-15-9-4-3-5-10-15)16-11-8-12-17(20-16)21-13-6-1-2-7-14-21/h3-5,8-12H,1-2,6-7,13-14H2,(H,19,22). The van der Waals surface area contributed by atoms with Gasteiger partial charge in [-0.1, -0.05) is 37.1 Å². The van der Waals surface area contributed by atoms with Crippen LogP contribution in [0.5, 0.6) is 0 Å². The third-order valence-corrected chi connectivity index (χ3v) is 3.93. The van der Waals surface area contributed by atoms with Gasteiger partial charge >= 0.3 is 0 Å². The first-order valence-corrected chi connectivity index (χ1v) is 7.91. The molecule has 4 nitrogen and oxygen atoms in total. The molecule has 1 aliphatic heterocycles. The van der Waals surface area contributed by atoms with Crippen LogP contribution in [0.4, 0.5) is 11.5 Å². The van der Waals surface area contributed by atoms with Crippen molar-refractivity contribution in [2.75, 3.05) is 23.3 Å². The molecule has 1 amide bonds. The van der Waals surface area contributed by atoms with Crippen LogP contribution in [0.15, 0.2) is 48.5 Å². The number of benzene rings is 1. The van der Waals surface area contributed by atoms with Gasteiger partial charge in [-0.15, -0.1) is 0 Å². The summed E-state index contributed by atoms with van der Waals surface area (Å²) in [5.41, 5.74) is 1.25. The van der Waals surface area contributed by atoms with Crippen LogP contribution in [0.25, 0.3) is 0 Å². The third-order valence-electron chi connectivity index (χ3n) is 3.93. The lowest BCUT2D eigenvalue weighted by molar-refractivity contribution is 0.102. The van der Waals surface area contributed by atoms with Crippen molar-refractivity contribution in [3.05, 3.63) is 54.2 Å². The molecular formula is C18H21N3O. The first-order valence-electron chi connectivity index (χ1n) is 7.91. The highest BCUT2D eigenvalue weighted by molar-refractivity contribution is 6.03. The quantitative estimate of drug-likeness (QED) is 0.938. The SMILES string of the molecule is O=C(Nc1ccccc1)c1cccc(N2CCCCCC2)n1. The van der Waals surface area contributed by atoms with Gasteiger partial charge in [-0.3, -0.25) is 4.79 Å². The van der Waals surface area contributed by atoms with E-state index < -0.39 is 0 Å². The minimum Gasteiger partial charge on any atom is -0.357 e. The number of anilines is 2. The molecule has 2 aromatic rings. The molecule has 0 aliphatic carbocycles. The van der Waals surface area contributed by atoms with E-state index >= 15 is 0 Å². The van der Waals surface area contributed by atoms with Crippen molar-refractivity contribution < 1.29 is 4.79 Å². The molecular weight excluding hydrogens is 274 g/mol. The summed E-state index contributed by atoms with van der Waals surface area (Å²) in [5, 5.41) is 2.88. The van der Waals surface area contributed by atoms with Gasteiger partial charge in [0.05, 0.1) is 0 Å². The summed E-state index contributed by atoms with van der Waals surface area (Å²) < 4.78 is 0. The van der Waals surface area contributed by atoms with Gasteiger partial charge in [0.15, 0.2) is 0 Å². The second kappa shape index (κ2) is 7.07. The number of pyridine rings is 1. The molecule has 1 aromatic carbocycles. The molecule has 114 valence electrons. The molecule has 2 heterocycles. The number of amides is 1. The van der Waals surface area contributed by atoms with Gasteiger partial charge in [0, 0.05) is 18.8 Å². The number of nitrogens with one attached hydrogen (secondary N) is 1. The second-order valence-electron chi connectivity index (χ2n) is 5.60. The first-order chi connectivity index (χ1) is 10.8. The van der Waals surface area contributed by atoms with Crippen molar-refractivity contribution in [2.24, 2.45) is 0 Å². The Labute approximate surface area is 131 Å². The number of para-hydroxylation sites is 1. The number of carbonyl (C=O) groups is 1. The maximum atomic E-state index is 12.3. The van der Waals surface area contributed by atoms with E-state index in [0.29, 0.717) is 5.69 Å². The molecule has 3 rings (SSSR count). The van der Waals surface area contributed by atoms with Gasteiger partial charge in [-0.25, -0.2) is 4.98 Å². The molecule has 1 aliphatic rings. The van der Waals surface area contributed by atoms with Crippen LogP contribution in [0.3, 0.4) is 0 Å². The molecule has 0 radical (unpaired) electrons. The Kier molecular flexibility index (Phi) is 4.68. The van der Waals surface area contributed by atoms with E-state index in [0.717, 1.165) is 24.6 Å². The lowest BCUT2D eigenvalue weighted by Gasteiger charge is -2.21. The molecule has 22 heavy (non-hydrogen) atoms. The minimum atomic E-state index is -0.164. The van der Waals surface area contributed by atoms with Gasteiger partial charge in [0.25, 0.3) is 5.91 Å². The van der Waals surface area contributed by atoms with E-state index in [1.165, 1.54) is 25.7 Å². The van der Waals surface area contributed by atoms with Gasteiger partial charge < -0.3 is 10.2 Å². The fourth-order valence-corrected chi connectivity index (χ4v) is 2.74. The van der Waals surface area contributed by atoms with Gasteiger partial charge in [0.2, 0.25) is 0 Å². The van der Waals surface area contributed by atoms with Crippen molar-refractivity contribution >= 4 is 17.4 Å². The Balaban J connectivity index is 1.74. The molecule has 1 saturated heterocycles. The normalized spacial score (nSPS) is 15.2. The number of carbonyl (C=O) groups excluding carboxylic acids is 1. The summed E-state index contributed by atoms with van der Waals surface area (Å²) in [7, 11) is 0. The molecule has 0 atom stereocenters. The van der Waals surface area contributed by atoms with Crippen molar-refractivity contribution in [2.45, 2.75) is 25.7 Å². The molecule has 0 saturated carbocycles. The molecule has 0 bridgehead atoms. The average molecular weight is 295 g/mol. The van der Waals surface area contributed by atoms with Gasteiger partial charge in [-0.05, 0) is 37.1 Å². The molecule has 1 aromatic heterocycles. The van der Waals surface area contributed by atoms with Crippen LogP contribution >= 0.6 is 0 Å². The summed E-state index contributed by atoms with van der Waals surface area (Å²) >= 11 is 0. The number of rotatable bonds is 3. The number of hydrogen-bond acceptors (Lipinski definition) is 3.